The molecule has 1 rings (SSSR count). The molecule has 1 heterocycles. The number of nitrogens with one attached hydrogen (secondary N) is 1. The summed E-state index contributed by atoms with van der Waals surface area (Å²) in [6, 6.07) is -0.880. The lowest BCUT2D eigenvalue weighted by Gasteiger charge is -2.19. The molecule has 8 heteroatoms. The summed E-state index contributed by atoms with van der Waals surface area (Å²) >= 11 is 1.64. The van der Waals surface area contributed by atoms with E-state index in [4.69, 9.17) is 0 Å². The Balaban J connectivity index is 2.46. The molecule has 0 spiro atoms. The van der Waals surface area contributed by atoms with Crippen LogP contribution in [0.1, 0.15) is 26.2 Å². The SMILES string of the molecule is CCSCCC(NC(=O)C1CC(=O)N(CCCN(C)C)C1)C(=O)O. The smallest absolute Gasteiger partial charge is 0.326 e. The van der Waals surface area contributed by atoms with E-state index in [1.54, 1.807) is 16.7 Å². The number of hydrogen-bond donors (Lipinski definition) is 2. The van der Waals surface area contributed by atoms with Crippen LogP contribution in [0.15, 0.2) is 0 Å². The minimum atomic E-state index is -1.02. The van der Waals surface area contributed by atoms with Gasteiger partial charge in [-0.2, -0.15) is 11.8 Å². The number of likely N-dealkylation sites (tertiary alicyclic amines) is 1. The summed E-state index contributed by atoms with van der Waals surface area (Å²) in [6.07, 6.45) is 1.43. The highest BCUT2D eigenvalue weighted by Gasteiger charge is 2.35. The Bertz CT molecular complexity index is 445. The molecule has 1 saturated heterocycles. The Morgan fingerprint density at radius 1 is 1.46 bits per heavy atom. The molecule has 1 fully saturated rings. The quantitative estimate of drug-likeness (QED) is 0.522. The molecule has 0 aliphatic carbocycles. The maximum absolute atomic E-state index is 12.3. The summed E-state index contributed by atoms with van der Waals surface area (Å²) in [7, 11) is 3.95. The summed E-state index contributed by atoms with van der Waals surface area (Å²) < 4.78 is 0. The van der Waals surface area contributed by atoms with E-state index in [9.17, 15) is 19.5 Å². The number of aliphatic carboxylic acids is 1. The number of amides is 2. The minimum Gasteiger partial charge on any atom is -0.480 e. The van der Waals surface area contributed by atoms with E-state index in [-0.39, 0.29) is 18.2 Å². The highest BCUT2D eigenvalue weighted by atomic mass is 32.2. The van der Waals surface area contributed by atoms with Crippen molar-refractivity contribution in [2.75, 3.05) is 45.2 Å². The number of carboxylic acids is 1. The third-order valence-electron chi connectivity index (χ3n) is 3.99. The van der Waals surface area contributed by atoms with Crippen molar-refractivity contribution < 1.29 is 19.5 Å². The van der Waals surface area contributed by atoms with E-state index < -0.39 is 17.9 Å². The fourth-order valence-electron chi connectivity index (χ4n) is 2.63. The van der Waals surface area contributed by atoms with Crippen LogP contribution in [0.3, 0.4) is 0 Å². The Morgan fingerprint density at radius 2 is 2.17 bits per heavy atom. The minimum absolute atomic E-state index is 0.0256. The molecule has 2 unspecified atom stereocenters. The number of thioether (sulfide) groups is 1. The van der Waals surface area contributed by atoms with E-state index in [2.05, 4.69) is 10.2 Å². The van der Waals surface area contributed by atoms with E-state index >= 15 is 0 Å². The van der Waals surface area contributed by atoms with Crippen molar-refractivity contribution in [3.8, 4) is 0 Å². The van der Waals surface area contributed by atoms with Gasteiger partial charge < -0.3 is 20.2 Å². The van der Waals surface area contributed by atoms with Gasteiger partial charge in [0.15, 0.2) is 0 Å². The van der Waals surface area contributed by atoms with Gasteiger partial charge in [-0.25, -0.2) is 4.79 Å². The normalized spacial score (nSPS) is 18.9. The van der Waals surface area contributed by atoms with Crippen LogP contribution in [0.2, 0.25) is 0 Å². The maximum atomic E-state index is 12.3. The van der Waals surface area contributed by atoms with Gasteiger partial charge in [0.25, 0.3) is 0 Å². The lowest BCUT2D eigenvalue weighted by atomic mass is 10.1. The Kier molecular flexibility index (Phi) is 9.13. The molecular weight excluding hydrogens is 330 g/mol. The lowest BCUT2D eigenvalue weighted by molar-refractivity contribution is -0.142. The zero-order chi connectivity index (χ0) is 18.1. The van der Waals surface area contributed by atoms with Crippen LogP contribution >= 0.6 is 11.8 Å². The van der Waals surface area contributed by atoms with Crippen molar-refractivity contribution in [1.82, 2.24) is 15.1 Å². The molecule has 0 radical (unpaired) electrons. The van der Waals surface area contributed by atoms with E-state index in [0.717, 1.165) is 18.7 Å². The van der Waals surface area contributed by atoms with Gasteiger partial charge in [-0.15, -0.1) is 0 Å². The van der Waals surface area contributed by atoms with Gasteiger partial charge in [0.1, 0.15) is 6.04 Å². The summed E-state index contributed by atoms with van der Waals surface area (Å²) in [4.78, 5) is 39.3. The fraction of sp³-hybridized carbons (Fsp3) is 0.812. The van der Waals surface area contributed by atoms with Gasteiger partial charge >= 0.3 is 5.97 Å². The molecular formula is C16H29N3O4S. The van der Waals surface area contributed by atoms with Crippen LogP contribution in [0, 0.1) is 5.92 Å². The van der Waals surface area contributed by atoms with Crippen molar-refractivity contribution in [2.45, 2.75) is 32.2 Å². The molecule has 0 aromatic carbocycles. The summed E-state index contributed by atoms with van der Waals surface area (Å²) in [5.74, 6) is -0.215. The molecule has 0 aromatic heterocycles. The van der Waals surface area contributed by atoms with Crippen LogP contribution < -0.4 is 5.32 Å². The Hall–Kier alpha value is -1.28. The van der Waals surface area contributed by atoms with Gasteiger partial charge in [-0.3, -0.25) is 9.59 Å². The Labute approximate surface area is 148 Å². The first kappa shape index (κ1) is 20.8. The van der Waals surface area contributed by atoms with Crippen LogP contribution in [0.5, 0.6) is 0 Å². The molecule has 0 saturated carbocycles. The maximum Gasteiger partial charge on any atom is 0.326 e. The summed E-state index contributed by atoms with van der Waals surface area (Å²) in [6.45, 7) is 3.91. The molecule has 1 aliphatic heterocycles. The third-order valence-corrected chi connectivity index (χ3v) is 4.92. The number of hydrogen-bond acceptors (Lipinski definition) is 5. The highest BCUT2D eigenvalue weighted by Crippen LogP contribution is 2.18. The third kappa shape index (κ3) is 7.09. The predicted molar refractivity (Wildman–Crippen MR) is 95.0 cm³/mol. The fourth-order valence-corrected chi connectivity index (χ4v) is 3.33. The van der Waals surface area contributed by atoms with Gasteiger partial charge in [0.05, 0.1) is 5.92 Å². The second-order valence-electron chi connectivity index (χ2n) is 6.28. The van der Waals surface area contributed by atoms with Gasteiger partial charge in [-0.05, 0) is 45.0 Å². The lowest BCUT2D eigenvalue weighted by Crippen LogP contribution is -2.44. The predicted octanol–water partition coefficient (Wildman–Crippen LogP) is 0.499. The molecule has 2 N–H and O–H groups in total. The second kappa shape index (κ2) is 10.6. The zero-order valence-electron chi connectivity index (χ0n) is 14.8. The topological polar surface area (TPSA) is 90.0 Å². The first-order chi connectivity index (χ1) is 11.3. The molecule has 0 bridgehead atoms. The number of nitrogens with zero attached hydrogens (tertiary/aromatic N) is 2. The van der Waals surface area contributed by atoms with Crippen molar-refractivity contribution in [3.63, 3.8) is 0 Å². The first-order valence-electron chi connectivity index (χ1n) is 8.38. The van der Waals surface area contributed by atoms with E-state index in [0.29, 0.717) is 25.3 Å². The van der Waals surface area contributed by atoms with E-state index in [1.165, 1.54) is 0 Å². The van der Waals surface area contributed by atoms with Crippen molar-refractivity contribution >= 4 is 29.5 Å². The van der Waals surface area contributed by atoms with Gasteiger partial charge in [0, 0.05) is 19.5 Å². The van der Waals surface area contributed by atoms with Gasteiger partial charge in [0.2, 0.25) is 11.8 Å². The average molecular weight is 359 g/mol. The Morgan fingerprint density at radius 3 is 2.75 bits per heavy atom. The molecule has 138 valence electrons. The average Bonchev–Trinajstić information content (AvgIpc) is 2.87. The monoisotopic (exact) mass is 359 g/mol. The highest BCUT2D eigenvalue weighted by molar-refractivity contribution is 7.99. The first-order valence-corrected chi connectivity index (χ1v) is 9.54. The number of carboxylic acid groups (broad SMARTS) is 1. The van der Waals surface area contributed by atoms with Crippen LogP contribution in [-0.4, -0.2) is 84.0 Å². The van der Waals surface area contributed by atoms with Crippen molar-refractivity contribution in [1.29, 1.82) is 0 Å². The molecule has 1 aliphatic rings. The zero-order valence-corrected chi connectivity index (χ0v) is 15.6. The molecule has 0 aromatic rings. The summed E-state index contributed by atoms with van der Waals surface area (Å²) in [5.41, 5.74) is 0. The standard InChI is InChI=1S/C16H29N3O4S/c1-4-24-9-6-13(16(22)23)17-15(21)12-10-14(20)19(11-12)8-5-7-18(2)3/h12-13H,4-11H2,1-3H3,(H,17,21)(H,22,23). The summed E-state index contributed by atoms with van der Waals surface area (Å²) in [5, 5.41) is 11.8. The second-order valence-corrected chi connectivity index (χ2v) is 7.68. The van der Waals surface area contributed by atoms with Crippen LogP contribution in [0.25, 0.3) is 0 Å². The number of rotatable bonds is 11. The molecule has 2 atom stereocenters. The van der Waals surface area contributed by atoms with Crippen LogP contribution in [-0.2, 0) is 14.4 Å². The van der Waals surface area contributed by atoms with Gasteiger partial charge in [-0.1, -0.05) is 6.92 Å². The number of carbonyl (C=O) groups is 3. The molecule has 7 nitrogen and oxygen atoms in total. The molecule has 24 heavy (non-hydrogen) atoms. The van der Waals surface area contributed by atoms with Crippen molar-refractivity contribution in [2.24, 2.45) is 5.92 Å². The van der Waals surface area contributed by atoms with Crippen molar-refractivity contribution in [3.05, 3.63) is 0 Å². The van der Waals surface area contributed by atoms with E-state index in [1.807, 2.05) is 21.0 Å². The van der Waals surface area contributed by atoms with Crippen LogP contribution in [0.4, 0.5) is 0 Å². The largest absolute Gasteiger partial charge is 0.480 e. The molecule has 2 amide bonds. The number of carbonyl (C=O) groups excluding carboxylic acids is 2.